The number of hydrogen-bond acceptors (Lipinski definition) is 11. The van der Waals surface area contributed by atoms with Crippen molar-refractivity contribution in [2.45, 2.75) is 95.1 Å². The Labute approximate surface area is 378 Å². The number of nitrogens with zero attached hydrogens (tertiary/aromatic N) is 5. The number of thiazole rings is 1. The molecular formula is C48H55FN8O5S2. The smallest absolute Gasteiger partial charge is 0.234 e. The van der Waals surface area contributed by atoms with Crippen LogP contribution in [0.3, 0.4) is 0 Å². The summed E-state index contributed by atoms with van der Waals surface area (Å²) >= 11 is 1.41. The molecule has 0 saturated carbocycles. The summed E-state index contributed by atoms with van der Waals surface area (Å²) in [6.07, 6.45) is 5.91. The van der Waals surface area contributed by atoms with Crippen molar-refractivity contribution in [3.05, 3.63) is 107 Å². The molecule has 0 radical (unpaired) electrons. The molecule has 3 aliphatic rings. The van der Waals surface area contributed by atoms with Crippen LogP contribution in [0.15, 0.2) is 79.0 Å². The van der Waals surface area contributed by atoms with E-state index in [-0.39, 0.29) is 52.5 Å². The lowest BCUT2D eigenvalue weighted by atomic mass is 9.89. The molecule has 0 bridgehead atoms. The maximum absolute atomic E-state index is 16.3. The third-order valence-corrected chi connectivity index (χ3v) is 15.6. The molecule has 13 nitrogen and oxygen atoms in total. The number of nitrogens with two attached hydrogens (primary N) is 1. The first-order valence-corrected chi connectivity index (χ1v) is 24.5. The highest BCUT2D eigenvalue weighted by atomic mass is 32.2. The van der Waals surface area contributed by atoms with Gasteiger partial charge in [0.25, 0.3) is 0 Å². The largest absolute Gasteiger partial charge is 0.371 e. The highest BCUT2D eigenvalue weighted by molar-refractivity contribution is 7.89. The van der Waals surface area contributed by atoms with Gasteiger partial charge in [-0.15, -0.1) is 11.3 Å². The van der Waals surface area contributed by atoms with Crippen LogP contribution in [0.5, 0.6) is 0 Å². The predicted molar refractivity (Wildman–Crippen MR) is 248 cm³/mol. The number of amides is 3. The van der Waals surface area contributed by atoms with Gasteiger partial charge in [0.05, 0.1) is 27.2 Å². The van der Waals surface area contributed by atoms with Crippen LogP contribution in [0.25, 0.3) is 21.8 Å². The van der Waals surface area contributed by atoms with Crippen LogP contribution in [-0.2, 0) is 29.8 Å². The van der Waals surface area contributed by atoms with Gasteiger partial charge in [-0.2, -0.15) is 0 Å². The predicted octanol–water partition coefficient (Wildman–Crippen LogP) is 8.33. The topological polar surface area (TPSA) is 181 Å². The zero-order valence-corrected chi connectivity index (χ0v) is 38.3. The number of anilines is 3. The number of benzene rings is 3. The summed E-state index contributed by atoms with van der Waals surface area (Å²) in [5.74, 6) is -0.226. The molecule has 336 valence electrons. The Balaban J connectivity index is 0.869. The molecule has 3 atom stereocenters. The molecule has 3 aromatic carbocycles. The van der Waals surface area contributed by atoms with Crippen molar-refractivity contribution in [1.29, 1.82) is 0 Å². The molecule has 3 saturated heterocycles. The maximum atomic E-state index is 16.3. The minimum atomic E-state index is -4.05. The first-order chi connectivity index (χ1) is 30.5. The van der Waals surface area contributed by atoms with Crippen molar-refractivity contribution in [3.63, 3.8) is 0 Å². The number of imide groups is 1. The maximum Gasteiger partial charge on any atom is 0.234 e. The summed E-state index contributed by atoms with van der Waals surface area (Å²) in [5, 5.41) is 10.8. The van der Waals surface area contributed by atoms with Gasteiger partial charge in [0, 0.05) is 73.1 Å². The summed E-state index contributed by atoms with van der Waals surface area (Å²) in [4.78, 5) is 56.5. The van der Waals surface area contributed by atoms with E-state index in [0.29, 0.717) is 47.4 Å². The second kappa shape index (κ2) is 18.5. The summed E-state index contributed by atoms with van der Waals surface area (Å²) in [5.41, 5.74) is 4.77. The highest BCUT2D eigenvalue weighted by Gasteiger charge is 2.32. The molecule has 2 aromatic heterocycles. The van der Waals surface area contributed by atoms with Gasteiger partial charge in [0.2, 0.25) is 33.7 Å². The van der Waals surface area contributed by atoms with E-state index in [2.05, 4.69) is 32.7 Å². The van der Waals surface area contributed by atoms with Crippen molar-refractivity contribution >= 4 is 56.4 Å². The number of likely N-dealkylation sites (tertiary alicyclic amines) is 1. The second-order valence-electron chi connectivity index (χ2n) is 18.2. The molecule has 0 aliphatic carbocycles. The van der Waals surface area contributed by atoms with Gasteiger partial charge >= 0.3 is 0 Å². The summed E-state index contributed by atoms with van der Waals surface area (Å²) < 4.78 is 41.1. The fourth-order valence-electron chi connectivity index (χ4n) is 9.12. The van der Waals surface area contributed by atoms with Gasteiger partial charge in [0.1, 0.15) is 11.1 Å². The fraction of sp³-hybridized carbons (Fsp3) is 0.417. The molecule has 3 aliphatic heterocycles. The Kier molecular flexibility index (Phi) is 13.0. The molecule has 1 unspecified atom stereocenters. The SMILES string of the molecule is CCC(c1cccc(-c2nc(C(C)(C)C)sc2-c2ccnc(Nc3ccc(C4CCN(C(=O)C[C@@H]5CCN(c6ccc([C@@H]7CCC(=O)NC7=O)cc6)C5)CC4)cc3)n2)c1F)S(N)(=O)=O. The van der Waals surface area contributed by atoms with Gasteiger partial charge in [-0.3, -0.25) is 19.7 Å². The van der Waals surface area contributed by atoms with Gasteiger partial charge in [0.15, 0.2) is 0 Å². The Morgan fingerprint density at radius 1 is 0.953 bits per heavy atom. The van der Waals surface area contributed by atoms with Crippen molar-refractivity contribution in [2.75, 3.05) is 36.4 Å². The Morgan fingerprint density at radius 2 is 1.67 bits per heavy atom. The van der Waals surface area contributed by atoms with Crippen LogP contribution in [0.4, 0.5) is 21.7 Å². The van der Waals surface area contributed by atoms with Gasteiger partial charge < -0.3 is 15.1 Å². The minimum absolute atomic E-state index is 0.00844. The van der Waals surface area contributed by atoms with Crippen molar-refractivity contribution in [3.8, 4) is 21.8 Å². The van der Waals surface area contributed by atoms with E-state index in [1.54, 1.807) is 31.3 Å². The van der Waals surface area contributed by atoms with Crippen LogP contribution in [0, 0.1) is 11.7 Å². The quantitative estimate of drug-likeness (QED) is 0.103. The standard InChI is InChI=1S/C48H55FN8O5S2/c1-5-39(64(50,61)62)36-7-6-8-37(42(36)49)43-44(63-46(55-43)48(2,3)4)38-19-23-51-47(53-38)52-33-13-9-30(10-14-33)31-21-25-56(26-22-31)41(59)27-29-20-24-57(28-29)34-15-11-32(12-16-34)35-17-18-40(58)54-45(35)60/h6-16,19,23,29,31,35,39H,5,17-18,20-22,24-28H2,1-4H3,(H2,50,61,62)(H,51,52,53)(H,54,58,60)/t29-,35-,39?/m0/s1. The minimum Gasteiger partial charge on any atom is -0.371 e. The zero-order chi connectivity index (χ0) is 45.3. The number of carbonyl (C=O) groups excluding carboxylic acids is 3. The zero-order valence-electron chi connectivity index (χ0n) is 36.6. The highest BCUT2D eigenvalue weighted by Crippen LogP contribution is 2.43. The fourth-order valence-corrected chi connectivity index (χ4v) is 11.2. The van der Waals surface area contributed by atoms with Crippen molar-refractivity contribution in [1.82, 2.24) is 25.2 Å². The summed E-state index contributed by atoms with van der Waals surface area (Å²) in [6.45, 7) is 10.9. The van der Waals surface area contributed by atoms with E-state index in [4.69, 9.17) is 15.1 Å². The van der Waals surface area contributed by atoms with Crippen molar-refractivity contribution < 1.29 is 27.2 Å². The van der Waals surface area contributed by atoms with Crippen LogP contribution in [-0.4, -0.2) is 72.2 Å². The number of carbonyl (C=O) groups is 3. The molecular weight excluding hydrogens is 852 g/mol. The third kappa shape index (κ3) is 9.88. The monoisotopic (exact) mass is 906 g/mol. The van der Waals surface area contributed by atoms with Gasteiger partial charge in [-0.1, -0.05) is 64.1 Å². The number of hydrogen-bond donors (Lipinski definition) is 3. The van der Waals surface area contributed by atoms with Crippen LogP contribution in [0.1, 0.15) is 111 Å². The number of rotatable bonds is 12. The van der Waals surface area contributed by atoms with E-state index < -0.39 is 21.1 Å². The lowest BCUT2D eigenvalue weighted by Gasteiger charge is -2.33. The van der Waals surface area contributed by atoms with E-state index in [1.165, 1.54) is 23.0 Å². The number of sulfonamides is 1. The van der Waals surface area contributed by atoms with E-state index in [1.807, 2.05) is 62.1 Å². The Morgan fingerprint density at radius 3 is 2.34 bits per heavy atom. The molecule has 5 aromatic rings. The molecule has 3 fully saturated rings. The normalized spacial score (nSPS) is 19.2. The average molecular weight is 907 g/mol. The van der Waals surface area contributed by atoms with Gasteiger partial charge in [-0.05, 0) is 91.5 Å². The van der Waals surface area contributed by atoms with Crippen LogP contribution in [0.2, 0.25) is 0 Å². The average Bonchev–Trinajstić information content (AvgIpc) is 3.93. The number of piperidine rings is 2. The Hall–Kier alpha value is -5.58. The van der Waals surface area contributed by atoms with Crippen LogP contribution >= 0.6 is 11.3 Å². The molecule has 0 spiro atoms. The molecule has 3 amide bonds. The van der Waals surface area contributed by atoms with E-state index >= 15 is 4.39 Å². The van der Waals surface area contributed by atoms with Crippen molar-refractivity contribution in [2.24, 2.45) is 11.1 Å². The number of aromatic nitrogens is 3. The number of nitrogens with one attached hydrogen (secondary N) is 2. The molecule has 4 N–H and O–H groups in total. The first kappa shape index (κ1) is 45.0. The van der Waals surface area contributed by atoms with Gasteiger partial charge in [-0.25, -0.2) is 32.9 Å². The lowest BCUT2D eigenvalue weighted by Crippen LogP contribution is -2.39. The summed E-state index contributed by atoms with van der Waals surface area (Å²) in [7, 11) is -4.05. The second-order valence-corrected chi connectivity index (χ2v) is 21.0. The summed E-state index contributed by atoms with van der Waals surface area (Å²) in [6, 6.07) is 22.7. The molecule has 16 heteroatoms. The van der Waals surface area contributed by atoms with E-state index in [0.717, 1.165) is 67.4 Å². The Bertz CT molecular complexity index is 2640. The third-order valence-electron chi connectivity index (χ3n) is 12.7. The first-order valence-electron chi connectivity index (χ1n) is 22.0. The molecule has 64 heavy (non-hydrogen) atoms. The molecule has 8 rings (SSSR count). The van der Waals surface area contributed by atoms with E-state index in [9.17, 15) is 22.8 Å². The number of primary sulfonamides is 1. The molecule has 5 heterocycles. The number of halogens is 1. The van der Waals surface area contributed by atoms with Crippen LogP contribution < -0.4 is 20.7 Å². The lowest BCUT2D eigenvalue weighted by molar-refractivity contribution is -0.135.